The minimum absolute atomic E-state index is 0. The van der Waals surface area contributed by atoms with Gasteiger partial charge in [-0.3, -0.25) is 9.78 Å². The van der Waals surface area contributed by atoms with E-state index in [-0.39, 0.29) is 31.6 Å². The molecule has 161 valence electrons. The number of aliphatic hydroxyl groups is 1. The smallest absolute Gasteiger partial charge is 0.155 e. The van der Waals surface area contributed by atoms with Crippen LogP contribution in [-0.2, 0) is 24.9 Å². The molecule has 0 saturated carbocycles. The molecule has 2 aromatic carbocycles. The van der Waals surface area contributed by atoms with E-state index < -0.39 is 0 Å². The molecule has 1 radical (unpaired) electrons. The summed E-state index contributed by atoms with van der Waals surface area (Å²) in [7, 11) is 3.29. The molecule has 1 N–H and O–H groups in total. The molecule has 6 heteroatoms. The van der Waals surface area contributed by atoms with Crippen LogP contribution in [0.15, 0.2) is 48.2 Å². The number of aromatic nitrogens is 1. The van der Waals surface area contributed by atoms with Crippen LogP contribution in [0.4, 0.5) is 0 Å². The quantitative estimate of drug-likeness (QED) is 0.254. The van der Waals surface area contributed by atoms with Gasteiger partial charge >= 0.3 is 0 Å². The van der Waals surface area contributed by atoms with E-state index in [4.69, 9.17) is 19.6 Å². The van der Waals surface area contributed by atoms with Crippen LogP contribution in [0.1, 0.15) is 25.0 Å². The number of ether oxygens (including phenoxy) is 2. The van der Waals surface area contributed by atoms with Crippen LogP contribution in [0, 0.1) is 19.9 Å². The van der Waals surface area contributed by atoms with E-state index in [2.05, 4.69) is 26.0 Å². The Labute approximate surface area is 191 Å². The van der Waals surface area contributed by atoms with Crippen LogP contribution < -0.4 is 9.47 Å². The number of pyridine rings is 1. The van der Waals surface area contributed by atoms with Gasteiger partial charge in [-0.25, -0.2) is 0 Å². The van der Waals surface area contributed by atoms with Gasteiger partial charge in [0, 0.05) is 43.7 Å². The predicted molar refractivity (Wildman–Crippen MR) is 116 cm³/mol. The van der Waals surface area contributed by atoms with Crippen molar-refractivity contribution in [1.29, 1.82) is 0 Å². The summed E-state index contributed by atoms with van der Waals surface area (Å²) < 4.78 is 10.7. The van der Waals surface area contributed by atoms with E-state index >= 15 is 0 Å². The van der Waals surface area contributed by atoms with Crippen molar-refractivity contribution in [2.75, 3.05) is 14.2 Å². The number of carbonyl (C=O) groups excluding carboxylic acids is 1. The number of benzene rings is 2. The molecule has 0 spiro atoms. The third-order valence-electron chi connectivity index (χ3n) is 4.31. The SMILES string of the molecule is CC(=O)/C=C(/C)O.COc1cc(OC)c2ccc(-c3[c-]cc(C)c(C)c3)nc2c1.[Ir]. The number of ketones is 1. The number of aryl methyl sites for hydroxylation is 2. The molecule has 0 atom stereocenters. The number of fused-ring (bicyclic) bond motifs is 1. The first kappa shape index (κ1) is 25.3. The van der Waals surface area contributed by atoms with E-state index in [0.717, 1.165) is 33.7 Å². The van der Waals surface area contributed by atoms with Crippen molar-refractivity contribution in [3.8, 4) is 22.8 Å². The maximum absolute atomic E-state index is 10.0. The van der Waals surface area contributed by atoms with Gasteiger partial charge in [-0.2, -0.15) is 0 Å². The maximum atomic E-state index is 10.0. The third-order valence-corrected chi connectivity index (χ3v) is 4.31. The van der Waals surface area contributed by atoms with Crippen molar-refractivity contribution >= 4 is 16.7 Å². The summed E-state index contributed by atoms with van der Waals surface area (Å²) in [6.07, 6.45) is 1.17. The molecule has 3 rings (SSSR count). The molecule has 0 amide bonds. The molecule has 3 aromatic rings. The van der Waals surface area contributed by atoms with E-state index in [1.165, 1.54) is 31.1 Å². The first-order valence-electron chi connectivity index (χ1n) is 9.15. The Morgan fingerprint density at radius 2 is 1.77 bits per heavy atom. The van der Waals surface area contributed by atoms with Crippen molar-refractivity contribution in [3.63, 3.8) is 0 Å². The van der Waals surface area contributed by atoms with Crippen molar-refractivity contribution < 1.29 is 39.5 Å². The molecule has 0 aliphatic carbocycles. The summed E-state index contributed by atoms with van der Waals surface area (Å²) in [4.78, 5) is 14.8. The molecule has 0 saturated heterocycles. The zero-order valence-electron chi connectivity index (χ0n) is 18.0. The second-order valence-corrected chi connectivity index (χ2v) is 6.70. The summed E-state index contributed by atoms with van der Waals surface area (Å²) in [6.45, 7) is 7.03. The standard InChI is InChI=1S/C19H18NO2.C5H8O2.Ir/c1-12-5-6-14(9-13(12)2)17-8-7-16-18(20-17)10-15(21-3)11-19(16)22-4;1-4(6)3-5(2)7;/h5,7-11H,1-4H3;3,6H,1-2H3;/q-1;;/b;4-3-;. The summed E-state index contributed by atoms with van der Waals surface area (Å²) in [5.41, 5.74) is 5.20. The minimum atomic E-state index is -0.125. The Morgan fingerprint density at radius 3 is 2.27 bits per heavy atom. The van der Waals surface area contributed by atoms with Crippen molar-refractivity contribution in [2.45, 2.75) is 27.7 Å². The number of aliphatic hydroxyl groups excluding tert-OH is 1. The summed E-state index contributed by atoms with van der Waals surface area (Å²) in [6, 6.07) is 15.2. The largest absolute Gasteiger partial charge is 0.512 e. The topological polar surface area (TPSA) is 68.7 Å². The van der Waals surface area contributed by atoms with Gasteiger partial charge in [0.2, 0.25) is 0 Å². The average molecular weight is 585 g/mol. The Morgan fingerprint density at radius 1 is 1.07 bits per heavy atom. The summed E-state index contributed by atoms with van der Waals surface area (Å²) in [5, 5.41) is 9.33. The van der Waals surface area contributed by atoms with Crippen LogP contribution in [0.5, 0.6) is 11.5 Å². The van der Waals surface area contributed by atoms with Crippen LogP contribution >= 0.6 is 0 Å². The Balaban J connectivity index is 0.000000489. The van der Waals surface area contributed by atoms with Gasteiger partial charge in [-0.05, 0) is 19.5 Å². The molecule has 1 aromatic heterocycles. The number of hydrogen-bond acceptors (Lipinski definition) is 5. The second kappa shape index (κ2) is 11.5. The first-order valence-corrected chi connectivity index (χ1v) is 9.15. The molecule has 0 unspecified atom stereocenters. The van der Waals surface area contributed by atoms with Crippen molar-refractivity contribution in [1.82, 2.24) is 4.98 Å². The number of allylic oxidation sites excluding steroid dienone is 2. The fourth-order valence-corrected chi connectivity index (χ4v) is 2.73. The van der Waals surface area contributed by atoms with E-state index in [9.17, 15) is 4.79 Å². The van der Waals surface area contributed by atoms with Gasteiger partial charge in [0.25, 0.3) is 0 Å². The van der Waals surface area contributed by atoms with Crippen molar-refractivity contribution in [3.05, 3.63) is 65.4 Å². The molecule has 0 bridgehead atoms. The second-order valence-electron chi connectivity index (χ2n) is 6.70. The molecule has 1 heterocycles. The predicted octanol–water partition coefficient (Wildman–Crippen LogP) is 5.37. The average Bonchev–Trinajstić information content (AvgIpc) is 2.68. The van der Waals surface area contributed by atoms with E-state index in [0.29, 0.717) is 0 Å². The third kappa shape index (κ3) is 6.68. The van der Waals surface area contributed by atoms with Crippen molar-refractivity contribution in [2.24, 2.45) is 0 Å². The monoisotopic (exact) mass is 585 g/mol. The van der Waals surface area contributed by atoms with Gasteiger partial charge in [-0.1, -0.05) is 26.0 Å². The van der Waals surface area contributed by atoms with Gasteiger partial charge in [0.1, 0.15) is 11.5 Å². The fraction of sp³-hybridized carbons (Fsp3) is 0.250. The normalized spacial score (nSPS) is 10.5. The molecule has 0 fully saturated rings. The van der Waals surface area contributed by atoms with Crippen LogP contribution in [0.2, 0.25) is 0 Å². The van der Waals surface area contributed by atoms with Crippen LogP contribution in [0.3, 0.4) is 0 Å². The van der Waals surface area contributed by atoms with Gasteiger partial charge < -0.3 is 14.6 Å². The first-order chi connectivity index (χ1) is 13.7. The number of hydrogen-bond donors (Lipinski definition) is 1. The minimum Gasteiger partial charge on any atom is -0.512 e. The number of carbonyl (C=O) groups is 1. The zero-order chi connectivity index (χ0) is 21.6. The fourth-order valence-electron chi connectivity index (χ4n) is 2.73. The number of methoxy groups -OCH3 is 2. The zero-order valence-corrected chi connectivity index (χ0v) is 20.4. The molecule has 5 nitrogen and oxygen atoms in total. The Kier molecular flexibility index (Phi) is 9.70. The molecule has 30 heavy (non-hydrogen) atoms. The summed E-state index contributed by atoms with van der Waals surface area (Å²) >= 11 is 0. The van der Waals surface area contributed by atoms with Crippen LogP contribution in [0.25, 0.3) is 22.2 Å². The Hall–Kier alpha value is -2.69. The van der Waals surface area contributed by atoms with E-state index in [1.54, 1.807) is 14.2 Å². The summed E-state index contributed by atoms with van der Waals surface area (Å²) in [5.74, 6) is 1.43. The molecule has 0 aliphatic rings. The van der Waals surface area contributed by atoms with E-state index in [1.807, 2.05) is 30.3 Å². The van der Waals surface area contributed by atoms with Crippen LogP contribution in [-0.4, -0.2) is 30.1 Å². The maximum Gasteiger partial charge on any atom is 0.155 e. The Bertz CT molecular complexity index is 1060. The molecular weight excluding hydrogens is 558 g/mol. The van der Waals surface area contributed by atoms with Gasteiger partial charge in [-0.15, -0.1) is 34.9 Å². The molecular formula is C24H26IrNO4-. The van der Waals surface area contributed by atoms with Gasteiger partial charge in [0.05, 0.1) is 25.5 Å². The van der Waals surface area contributed by atoms with Gasteiger partial charge in [0.15, 0.2) is 5.78 Å². The molecule has 0 aliphatic heterocycles. The number of rotatable bonds is 4. The number of nitrogens with zero attached hydrogens (tertiary/aromatic N) is 1.